The van der Waals surface area contributed by atoms with Crippen molar-refractivity contribution in [1.29, 1.82) is 0 Å². The van der Waals surface area contributed by atoms with Crippen molar-refractivity contribution in [3.8, 4) is 0 Å². The van der Waals surface area contributed by atoms with E-state index < -0.39 is 14.3 Å². The van der Waals surface area contributed by atoms with E-state index in [-0.39, 0.29) is 18.7 Å². The Balaban J connectivity index is 1.82. The van der Waals surface area contributed by atoms with Gasteiger partial charge in [0.1, 0.15) is 6.61 Å². The molecule has 0 bridgehead atoms. The van der Waals surface area contributed by atoms with Crippen LogP contribution in [0.25, 0.3) is 0 Å². The molecule has 0 N–H and O–H groups in total. The number of carbonyl (C=O) groups is 1. The van der Waals surface area contributed by atoms with E-state index >= 15 is 0 Å². The highest BCUT2D eigenvalue weighted by molar-refractivity contribution is 8.14. The average molecular weight is 346 g/mol. The molecule has 0 spiro atoms. The van der Waals surface area contributed by atoms with Crippen LogP contribution >= 0.6 is 10.7 Å². The van der Waals surface area contributed by atoms with E-state index in [4.69, 9.17) is 15.4 Å². The van der Waals surface area contributed by atoms with E-state index in [9.17, 15) is 13.2 Å². The summed E-state index contributed by atoms with van der Waals surface area (Å²) < 4.78 is 27.9. The van der Waals surface area contributed by atoms with Crippen molar-refractivity contribution in [1.82, 2.24) is 4.90 Å². The van der Waals surface area contributed by atoms with Crippen molar-refractivity contribution >= 4 is 25.8 Å². The van der Waals surface area contributed by atoms with Crippen LogP contribution in [0.2, 0.25) is 0 Å². The van der Waals surface area contributed by atoms with Crippen LogP contribution in [0.15, 0.2) is 30.3 Å². The largest absolute Gasteiger partial charge is 0.445 e. The molecule has 1 aromatic rings. The number of ether oxygens (including phenoxy) is 1. The fourth-order valence-electron chi connectivity index (χ4n) is 2.68. The van der Waals surface area contributed by atoms with Gasteiger partial charge in [0.2, 0.25) is 9.05 Å². The minimum Gasteiger partial charge on any atom is -0.445 e. The molecule has 1 aromatic carbocycles. The van der Waals surface area contributed by atoms with Gasteiger partial charge in [0, 0.05) is 23.8 Å². The van der Waals surface area contributed by atoms with Crippen molar-refractivity contribution in [2.75, 3.05) is 7.05 Å². The second kappa shape index (κ2) is 7.33. The SMILES string of the molecule is CN(C(=O)OCc1ccccc1)C1CCC(S(=O)(=O)Cl)CC1. The third-order valence-corrected chi connectivity index (χ3v) is 6.11. The number of nitrogens with zero attached hydrogens (tertiary/aromatic N) is 1. The van der Waals surface area contributed by atoms with E-state index in [2.05, 4.69) is 0 Å². The van der Waals surface area contributed by atoms with Gasteiger partial charge in [0.15, 0.2) is 0 Å². The Hall–Kier alpha value is -1.27. The fraction of sp³-hybridized carbons (Fsp3) is 0.533. The van der Waals surface area contributed by atoms with E-state index in [1.807, 2.05) is 30.3 Å². The molecule has 22 heavy (non-hydrogen) atoms. The molecule has 0 atom stereocenters. The van der Waals surface area contributed by atoms with Crippen molar-refractivity contribution < 1.29 is 17.9 Å². The van der Waals surface area contributed by atoms with Crippen molar-refractivity contribution in [3.05, 3.63) is 35.9 Å². The maximum absolute atomic E-state index is 12.1. The fourth-order valence-corrected chi connectivity index (χ4v) is 4.05. The molecule has 0 aliphatic heterocycles. The zero-order valence-electron chi connectivity index (χ0n) is 12.4. The van der Waals surface area contributed by atoms with Crippen LogP contribution in [-0.2, 0) is 20.4 Å². The summed E-state index contributed by atoms with van der Waals surface area (Å²) >= 11 is 0. The van der Waals surface area contributed by atoms with Gasteiger partial charge in [-0.3, -0.25) is 0 Å². The van der Waals surface area contributed by atoms with Crippen molar-refractivity contribution in [2.45, 2.75) is 43.6 Å². The number of hydrogen-bond acceptors (Lipinski definition) is 4. The van der Waals surface area contributed by atoms with Crippen LogP contribution in [0.4, 0.5) is 4.79 Å². The molecule has 0 unspecified atom stereocenters. The average Bonchev–Trinajstić information content (AvgIpc) is 2.52. The normalized spacial score (nSPS) is 22.1. The van der Waals surface area contributed by atoms with Gasteiger partial charge in [-0.25, -0.2) is 13.2 Å². The number of benzene rings is 1. The Labute approximate surface area is 135 Å². The summed E-state index contributed by atoms with van der Waals surface area (Å²) in [4.78, 5) is 13.6. The molecule has 1 aliphatic carbocycles. The van der Waals surface area contributed by atoms with Crippen LogP contribution in [0.1, 0.15) is 31.2 Å². The lowest BCUT2D eigenvalue weighted by atomic mass is 9.94. The van der Waals surface area contributed by atoms with Crippen LogP contribution in [0.5, 0.6) is 0 Å². The molecule has 7 heteroatoms. The first kappa shape index (κ1) is 17.1. The molecule has 1 fully saturated rings. The molecule has 1 aliphatic rings. The highest BCUT2D eigenvalue weighted by atomic mass is 35.7. The highest BCUT2D eigenvalue weighted by Gasteiger charge is 2.32. The maximum atomic E-state index is 12.1. The lowest BCUT2D eigenvalue weighted by Crippen LogP contribution is -2.41. The summed E-state index contributed by atoms with van der Waals surface area (Å²) in [7, 11) is 3.57. The molecule has 2 rings (SSSR count). The van der Waals surface area contributed by atoms with Gasteiger partial charge in [-0.15, -0.1) is 0 Å². The number of rotatable bonds is 4. The maximum Gasteiger partial charge on any atom is 0.410 e. The summed E-state index contributed by atoms with van der Waals surface area (Å²) in [6.07, 6.45) is 1.81. The van der Waals surface area contributed by atoms with Crippen LogP contribution in [-0.4, -0.2) is 37.8 Å². The first-order valence-corrected chi connectivity index (χ1v) is 9.62. The second-order valence-electron chi connectivity index (χ2n) is 5.56. The molecule has 0 heterocycles. The smallest absolute Gasteiger partial charge is 0.410 e. The molecule has 0 radical (unpaired) electrons. The van der Waals surface area contributed by atoms with E-state index in [0.717, 1.165) is 5.56 Å². The number of carbonyl (C=O) groups excluding carboxylic acids is 1. The quantitative estimate of drug-likeness (QED) is 0.786. The highest BCUT2D eigenvalue weighted by Crippen LogP contribution is 2.29. The third kappa shape index (κ3) is 4.61. The summed E-state index contributed by atoms with van der Waals surface area (Å²) in [5, 5.41) is -0.501. The molecule has 0 saturated heterocycles. The third-order valence-electron chi connectivity index (χ3n) is 4.08. The standard InChI is InChI=1S/C15H20ClNO4S/c1-17(13-7-9-14(10-8-13)22(16,19)20)15(18)21-11-12-5-3-2-4-6-12/h2-6,13-14H,7-11H2,1H3. The van der Waals surface area contributed by atoms with Gasteiger partial charge in [-0.1, -0.05) is 30.3 Å². The molecule has 0 aromatic heterocycles. The number of halogens is 1. The van der Waals surface area contributed by atoms with Gasteiger partial charge < -0.3 is 9.64 Å². The van der Waals surface area contributed by atoms with Gasteiger partial charge in [-0.05, 0) is 31.2 Å². The van der Waals surface area contributed by atoms with E-state index in [1.54, 1.807) is 11.9 Å². The number of hydrogen-bond donors (Lipinski definition) is 0. The van der Waals surface area contributed by atoms with Gasteiger partial charge in [0.05, 0.1) is 5.25 Å². The lowest BCUT2D eigenvalue weighted by Gasteiger charge is -2.33. The molecule has 122 valence electrons. The van der Waals surface area contributed by atoms with E-state index in [1.165, 1.54) is 0 Å². The first-order chi connectivity index (χ1) is 10.4. The molecule has 1 saturated carbocycles. The van der Waals surface area contributed by atoms with Crippen LogP contribution in [0, 0.1) is 0 Å². The van der Waals surface area contributed by atoms with Gasteiger partial charge in [0.25, 0.3) is 0 Å². The minimum absolute atomic E-state index is 0.00191. The predicted octanol–water partition coefficient (Wildman–Crippen LogP) is 3.13. The van der Waals surface area contributed by atoms with Crippen molar-refractivity contribution in [3.63, 3.8) is 0 Å². The Bertz CT molecular complexity index is 597. The lowest BCUT2D eigenvalue weighted by molar-refractivity contribution is 0.0838. The van der Waals surface area contributed by atoms with Gasteiger partial charge in [-0.2, -0.15) is 0 Å². The van der Waals surface area contributed by atoms with E-state index in [0.29, 0.717) is 25.7 Å². The molecule has 1 amide bonds. The predicted molar refractivity (Wildman–Crippen MR) is 85.2 cm³/mol. The Morgan fingerprint density at radius 1 is 1.23 bits per heavy atom. The van der Waals surface area contributed by atoms with Crippen LogP contribution < -0.4 is 0 Å². The Morgan fingerprint density at radius 3 is 2.36 bits per heavy atom. The van der Waals surface area contributed by atoms with Crippen molar-refractivity contribution in [2.24, 2.45) is 0 Å². The molecular weight excluding hydrogens is 326 g/mol. The molecule has 5 nitrogen and oxygen atoms in total. The summed E-state index contributed by atoms with van der Waals surface area (Å²) in [5.74, 6) is 0. The molecular formula is C15H20ClNO4S. The summed E-state index contributed by atoms with van der Waals surface area (Å²) in [5.41, 5.74) is 0.932. The number of amides is 1. The minimum atomic E-state index is -3.50. The topological polar surface area (TPSA) is 63.7 Å². The van der Waals surface area contributed by atoms with Gasteiger partial charge >= 0.3 is 6.09 Å². The second-order valence-corrected chi connectivity index (χ2v) is 8.47. The first-order valence-electron chi connectivity index (χ1n) is 7.25. The summed E-state index contributed by atoms with van der Waals surface area (Å²) in [6.45, 7) is 0.232. The monoisotopic (exact) mass is 345 g/mol. The zero-order valence-corrected chi connectivity index (χ0v) is 14.0. The zero-order chi connectivity index (χ0) is 16.2. The van der Waals surface area contributed by atoms with Crippen LogP contribution in [0.3, 0.4) is 0 Å². The Kier molecular flexibility index (Phi) is 5.69. The summed E-state index contributed by atoms with van der Waals surface area (Å²) in [6, 6.07) is 9.47. The Morgan fingerprint density at radius 2 is 1.82 bits per heavy atom.